The van der Waals surface area contributed by atoms with Crippen LogP contribution in [0.3, 0.4) is 0 Å². The van der Waals surface area contributed by atoms with E-state index in [1.54, 1.807) is 17.1 Å². The molecule has 0 N–H and O–H groups in total. The number of rotatable bonds is 5. The topological polar surface area (TPSA) is 56.0 Å². The Morgan fingerprint density at radius 2 is 1.88 bits per heavy atom. The molecule has 0 aliphatic carbocycles. The third-order valence-corrected chi connectivity index (χ3v) is 4.76. The molecule has 3 aromatic rings. The highest BCUT2D eigenvalue weighted by Crippen LogP contribution is 2.26. The summed E-state index contributed by atoms with van der Waals surface area (Å²) < 4.78 is 3.66. The van der Waals surface area contributed by atoms with E-state index in [1.165, 1.54) is 0 Å². The highest BCUT2D eigenvalue weighted by Gasteiger charge is 2.35. The van der Waals surface area contributed by atoms with E-state index in [4.69, 9.17) is 0 Å². The molecule has 128 valence electrons. The van der Waals surface area contributed by atoms with Crippen molar-refractivity contribution in [1.29, 1.82) is 0 Å². The average molecular weight is 335 g/mol. The van der Waals surface area contributed by atoms with Crippen molar-refractivity contribution < 1.29 is 4.79 Å². The van der Waals surface area contributed by atoms with Crippen molar-refractivity contribution in [2.24, 2.45) is 0 Å². The Morgan fingerprint density at radius 1 is 1.08 bits per heavy atom. The van der Waals surface area contributed by atoms with Crippen molar-refractivity contribution in [2.45, 2.75) is 31.5 Å². The number of benzene rings is 1. The molecule has 1 aromatic carbocycles. The number of likely N-dealkylation sites (tertiary alicyclic amines) is 1. The number of carbonyl (C=O) groups excluding carboxylic acids is 1. The second-order valence-electron chi connectivity index (χ2n) is 6.36. The summed E-state index contributed by atoms with van der Waals surface area (Å²) in [4.78, 5) is 15.4. The van der Waals surface area contributed by atoms with Crippen molar-refractivity contribution in [3.8, 4) is 0 Å². The summed E-state index contributed by atoms with van der Waals surface area (Å²) in [6.45, 7) is 1.52. The Kier molecular flexibility index (Phi) is 4.33. The first kappa shape index (κ1) is 15.6. The third-order valence-electron chi connectivity index (χ3n) is 4.76. The number of aromatic nitrogens is 4. The molecular weight excluding hydrogens is 314 g/mol. The van der Waals surface area contributed by atoms with Gasteiger partial charge in [0.15, 0.2) is 6.04 Å². The van der Waals surface area contributed by atoms with Gasteiger partial charge in [-0.05, 0) is 30.5 Å². The summed E-state index contributed by atoms with van der Waals surface area (Å²) in [5, 5.41) is 8.63. The lowest BCUT2D eigenvalue weighted by molar-refractivity contribution is -0.134. The second-order valence-corrected chi connectivity index (χ2v) is 6.36. The van der Waals surface area contributed by atoms with Crippen LogP contribution in [-0.2, 0) is 11.3 Å². The molecule has 2 aromatic heterocycles. The van der Waals surface area contributed by atoms with E-state index < -0.39 is 6.04 Å². The van der Waals surface area contributed by atoms with Crippen LogP contribution in [0.2, 0.25) is 0 Å². The van der Waals surface area contributed by atoms with Crippen molar-refractivity contribution >= 4 is 5.91 Å². The monoisotopic (exact) mass is 335 g/mol. The molecule has 6 heteroatoms. The molecule has 0 bridgehead atoms. The summed E-state index contributed by atoms with van der Waals surface area (Å²) in [5.74, 6) is 0.101. The Balaban J connectivity index is 1.61. The molecule has 1 fully saturated rings. The van der Waals surface area contributed by atoms with E-state index in [0.717, 1.165) is 31.5 Å². The maximum absolute atomic E-state index is 13.4. The Hall–Kier alpha value is -2.89. The van der Waals surface area contributed by atoms with Gasteiger partial charge in [-0.3, -0.25) is 14.2 Å². The Labute approximate surface area is 146 Å². The van der Waals surface area contributed by atoms with Crippen LogP contribution in [0, 0.1) is 0 Å². The second kappa shape index (κ2) is 6.93. The molecule has 1 aliphatic rings. The summed E-state index contributed by atoms with van der Waals surface area (Å²) in [5.41, 5.74) is 0.959. The van der Waals surface area contributed by atoms with Crippen LogP contribution in [0.1, 0.15) is 24.4 Å². The summed E-state index contributed by atoms with van der Waals surface area (Å²) in [6.07, 6.45) is 9.33. The first-order chi connectivity index (χ1) is 12.3. The van der Waals surface area contributed by atoms with Crippen molar-refractivity contribution in [3.05, 3.63) is 72.8 Å². The highest BCUT2D eigenvalue weighted by molar-refractivity contribution is 5.84. The van der Waals surface area contributed by atoms with Crippen LogP contribution >= 0.6 is 0 Å². The SMILES string of the molecule is O=C([C@H](c1ccccc1)n1cccn1)N1CCC[C@@H]1Cn1cccn1. The minimum absolute atomic E-state index is 0.101. The smallest absolute Gasteiger partial charge is 0.252 e. The maximum atomic E-state index is 13.4. The molecule has 6 nitrogen and oxygen atoms in total. The number of amides is 1. The lowest BCUT2D eigenvalue weighted by Gasteiger charge is -2.29. The molecular formula is C19H21N5O. The molecule has 1 amide bonds. The van der Waals surface area contributed by atoms with Gasteiger partial charge in [0, 0.05) is 31.3 Å². The van der Waals surface area contributed by atoms with E-state index in [1.807, 2.05) is 64.4 Å². The molecule has 1 saturated heterocycles. The summed E-state index contributed by atoms with van der Waals surface area (Å²) >= 11 is 0. The molecule has 0 unspecified atom stereocenters. The molecule has 0 radical (unpaired) electrons. The van der Waals surface area contributed by atoms with E-state index in [2.05, 4.69) is 10.2 Å². The average Bonchev–Trinajstić information content (AvgIpc) is 3.39. The van der Waals surface area contributed by atoms with Gasteiger partial charge in [-0.15, -0.1) is 0 Å². The summed E-state index contributed by atoms with van der Waals surface area (Å²) in [6, 6.07) is 13.4. The largest absolute Gasteiger partial charge is 0.336 e. The lowest BCUT2D eigenvalue weighted by atomic mass is 10.1. The lowest BCUT2D eigenvalue weighted by Crippen LogP contribution is -2.42. The quantitative estimate of drug-likeness (QED) is 0.719. The van der Waals surface area contributed by atoms with Crippen LogP contribution in [0.25, 0.3) is 0 Å². The van der Waals surface area contributed by atoms with Gasteiger partial charge in [0.05, 0.1) is 12.6 Å². The minimum atomic E-state index is -0.422. The van der Waals surface area contributed by atoms with Crippen LogP contribution in [0.15, 0.2) is 67.3 Å². The number of carbonyl (C=O) groups is 1. The van der Waals surface area contributed by atoms with Crippen LogP contribution in [-0.4, -0.2) is 43.0 Å². The fourth-order valence-corrected chi connectivity index (χ4v) is 3.57. The highest BCUT2D eigenvalue weighted by atomic mass is 16.2. The van der Waals surface area contributed by atoms with Crippen molar-refractivity contribution in [3.63, 3.8) is 0 Å². The van der Waals surface area contributed by atoms with E-state index in [9.17, 15) is 4.79 Å². The number of hydrogen-bond donors (Lipinski definition) is 0. The van der Waals surface area contributed by atoms with Gasteiger partial charge in [-0.1, -0.05) is 30.3 Å². The first-order valence-corrected chi connectivity index (χ1v) is 8.65. The fraction of sp³-hybridized carbons (Fsp3) is 0.316. The molecule has 3 heterocycles. The normalized spacial score (nSPS) is 18.4. The Morgan fingerprint density at radius 3 is 2.60 bits per heavy atom. The zero-order valence-corrected chi connectivity index (χ0v) is 14.0. The van der Waals surface area contributed by atoms with Gasteiger partial charge >= 0.3 is 0 Å². The number of nitrogens with zero attached hydrogens (tertiary/aromatic N) is 5. The Bertz CT molecular complexity index is 798. The van der Waals surface area contributed by atoms with Crippen LogP contribution in [0.4, 0.5) is 0 Å². The maximum Gasteiger partial charge on any atom is 0.252 e. The molecule has 0 saturated carbocycles. The van der Waals surface area contributed by atoms with Gasteiger partial charge < -0.3 is 4.90 Å². The van der Waals surface area contributed by atoms with Gasteiger partial charge in [0.25, 0.3) is 5.91 Å². The van der Waals surface area contributed by atoms with Crippen molar-refractivity contribution in [2.75, 3.05) is 6.54 Å². The summed E-state index contributed by atoms with van der Waals surface area (Å²) in [7, 11) is 0. The van der Waals surface area contributed by atoms with Gasteiger partial charge in [0.2, 0.25) is 0 Å². The standard InChI is InChI=1S/C19H21N5O/c25-19(23-13-4-9-17(23)15-22-12-5-10-20-22)18(24-14-6-11-21-24)16-7-2-1-3-8-16/h1-3,5-8,10-12,14,17-18H,4,9,13,15H2/t17-,18+/m1/s1. The molecule has 25 heavy (non-hydrogen) atoms. The molecule has 2 atom stereocenters. The van der Waals surface area contributed by atoms with Gasteiger partial charge in [-0.2, -0.15) is 10.2 Å². The fourth-order valence-electron chi connectivity index (χ4n) is 3.57. The minimum Gasteiger partial charge on any atom is -0.336 e. The first-order valence-electron chi connectivity index (χ1n) is 8.65. The zero-order chi connectivity index (χ0) is 17.1. The predicted octanol–water partition coefficient (Wildman–Crippen LogP) is 2.36. The van der Waals surface area contributed by atoms with Gasteiger partial charge in [0.1, 0.15) is 0 Å². The molecule has 0 spiro atoms. The molecule has 4 rings (SSSR count). The van der Waals surface area contributed by atoms with Gasteiger partial charge in [-0.25, -0.2) is 0 Å². The van der Waals surface area contributed by atoms with E-state index in [-0.39, 0.29) is 11.9 Å². The van der Waals surface area contributed by atoms with Crippen LogP contribution in [0.5, 0.6) is 0 Å². The van der Waals surface area contributed by atoms with Crippen molar-refractivity contribution in [1.82, 2.24) is 24.5 Å². The van der Waals surface area contributed by atoms with Crippen LogP contribution < -0.4 is 0 Å². The van der Waals surface area contributed by atoms with E-state index in [0.29, 0.717) is 0 Å². The zero-order valence-electron chi connectivity index (χ0n) is 14.0. The molecule has 1 aliphatic heterocycles. The predicted molar refractivity (Wildman–Crippen MR) is 93.8 cm³/mol. The number of hydrogen-bond acceptors (Lipinski definition) is 3. The third kappa shape index (κ3) is 3.20. The van der Waals surface area contributed by atoms with E-state index >= 15 is 0 Å².